The number of aromatic nitrogens is 2. The minimum absolute atomic E-state index is 0.144. The summed E-state index contributed by atoms with van der Waals surface area (Å²) < 4.78 is 0. The van der Waals surface area contributed by atoms with Gasteiger partial charge in [-0.25, -0.2) is 4.98 Å². The molecule has 1 heterocycles. The molecular weight excluding hydrogens is 218 g/mol. The Kier molecular flexibility index (Phi) is 3.26. The van der Waals surface area contributed by atoms with Crippen LogP contribution in [-0.2, 0) is 4.79 Å². The van der Waals surface area contributed by atoms with Crippen molar-refractivity contribution in [2.24, 2.45) is 0 Å². The van der Waals surface area contributed by atoms with Crippen LogP contribution >= 0.6 is 0 Å². The van der Waals surface area contributed by atoms with Gasteiger partial charge in [0.2, 0.25) is 0 Å². The Morgan fingerprint density at radius 2 is 2.24 bits per heavy atom. The lowest BCUT2D eigenvalue weighted by Crippen LogP contribution is -2.30. The highest BCUT2D eigenvalue weighted by atomic mass is 16.4. The van der Waals surface area contributed by atoms with Gasteiger partial charge in [0.1, 0.15) is 0 Å². The van der Waals surface area contributed by atoms with Crippen molar-refractivity contribution in [3.63, 3.8) is 0 Å². The van der Waals surface area contributed by atoms with Gasteiger partial charge in [-0.15, -0.1) is 0 Å². The number of rotatable bonds is 5. The first-order chi connectivity index (χ1) is 8.08. The molecule has 5 nitrogen and oxygen atoms in total. The summed E-state index contributed by atoms with van der Waals surface area (Å²) in [7, 11) is 0. The molecule has 5 heteroatoms. The Hall–Kier alpha value is -1.65. The summed E-state index contributed by atoms with van der Waals surface area (Å²) in [6, 6.07) is 0.448. The first-order valence-electron chi connectivity index (χ1n) is 5.86. The van der Waals surface area contributed by atoms with E-state index in [1.54, 1.807) is 6.20 Å². The topological polar surface area (TPSA) is 66.3 Å². The predicted molar refractivity (Wildman–Crippen MR) is 64.1 cm³/mol. The van der Waals surface area contributed by atoms with Crippen LogP contribution in [-0.4, -0.2) is 33.6 Å². The molecule has 2 rings (SSSR count). The zero-order valence-corrected chi connectivity index (χ0v) is 10.2. The van der Waals surface area contributed by atoms with E-state index in [9.17, 15) is 4.79 Å². The van der Waals surface area contributed by atoms with Crippen molar-refractivity contribution in [3.05, 3.63) is 17.6 Å². The highest BCUT2D eigenvalue weighted by Crippen LogP contribution is 2.31. The predicted octanol–water partition coefficient (Wildman–Crippen LogP) is 1.54. The van der Waals surface area contributed by atoms with Gasteiger partial charge in [0, 0.05) is 18.8 Å². The summed E-state index contributed by atoms with van der Waals surface area (Å²) in [6.45, 7) is 4.33. The molecule has 1 aliphatic carbocycles. The van der Waals surface area contributed by atoms with Gasteiger partial charge in [0.15, 0.2) is 5.82 Å². The highest BCUT2D eigenvalue weighted by molar-refractivity contribution is 5.67. The Morgan fingerprint density at radius 1 is 1.53 bits per heavy atom. The minimum Gasteiger partial charge on any atom is -0.481 e. The molecule has 1 aromatic heterocycles. The summed E-state index contributed by atoms with van der Waals surface area (Å²) in [4.78, 5) is 21.5. The van der Waals surface area contributed by atoms with E-state index in [0.29, 0.717) is 12.6 Å². The fourth-order valence-electron chi connectivity index (χ4n) is 1.86. The molecule has 92 valence electrons. The molecule has 0 atom stereocenters. The van der Waals surface area contributed by atoms with Crippen molar-refractivity contribution in [2.75, 3.05) is 11.4 Å². The molecule has 1 aromatic rings. The first-order valence-corrected chi connectivity index (χ1v) is 5.86. The largest absolute Gasteiger partial charge is 0.481 e. The fourth-order valence-corrected chi connectivity index (χ4v) is 1.86. The van der Waals surface area contributed by atoms with Crippen LogP contribution in [0.3, 0.4) is 0 Å². The maximum Gasteiger partial charge on any atom is 0.305 e. The Bertz CT molecular complexity index is 430. The Balaban J connectivity index is 2.19. The first kappa shape index (κ1) is 11.8. The number of carboxylic acids is 1. The molecule has 1 aliphatic rings. The van der Waals surface area contributed by atoms with E-state index in [1.807, 2.05) is 13.8 Å². The summed E-state index contributed by atoms with van der Waals surface area (Å²) in [6.07, 6.45) is 4.12. The quantitative estimate of drug-likeness (QED) is 0.838. The van der Waals surface area contributed by atoms with Crippen molar-refractivity contribution in [2.45, 2.75) is 39.2 Å². The normalized spacial score (nSPS) is 14.7. The van der Waals surface area contributed by atoms with Gasteiger partial charge in [-0.3, -0.25) is 9.78 Å². The van der Waals surface area contributed by atoms with Gasteiger partial charge < -0.3 is 10.0 Å². The average Bonchev–Trinajstić information content (AvgIpc) is 3.07. The molecule has 0 bridgehead atoms. The maximum absolute atomic E-state index is 10.7. The van der Waals surface area contributed by atoms with E-state index in [4.69, 9.17) is 5.11 Å². The lowest BCUT2D eigenvalue weighted by molar-refractivity contribution is -0.136. The van der Waals surface area contributed by atoms with Crippen LogP contribution < -0.4 is 4.90 Å². The Labute approximate surface area is 100 Å². The van der Waals surface area contributed by atoms with Crippen molar-refractivity contribution < 1.29 is 9.90 Å². The molecule has 0 aromatic carbocycles. The summed E-state index contributed by atoms with van der Waals surface area (Å²) in [5.74, 6) is 0.0719. The third-order valence-corrected chi connectivity index (χ3v) is 2.88. The van der Waals surface area contributed by atoms with E-state index in [1.165, 1.54) is 0 Å². The maximum atomic E-state index is 10.7. The highest BCUT2D eigenvalue weighted by Gasteiger charge is 2.31. The third-order valence-electron chi connectivity index (χ3n) is 2.88. The lowest BCUT2D eigenvalue weighted by atomic mass is 10.3. The molecule has 1 N–H and O–H groups in total. The van der Waals surface area contributed by atoms with Crippen LogP contribution in [0.1, 0.15) is 30.7 Å². The smallest absolute Gasteiger partial charge is 0.305 e. The lowest BCUT2D eigenvalue weighted by Gasteiger charge is -2.24. The summed E-state index contributed by atoms with van der Waals surface area (Å²) in [5, 5.41) is 8.77. The monoisotopic (exact) mass is 235 g/mol. The van der Waals surface area contributed by atoms with E-state index in [-0.39, 0.29) is 6.42 Å². The van der Waals surface area contributed by atoms with Gasteiger partial charge in [-0.05, 0) is 26.7 Å². The van der Waals surface area contributed by atoms with Crippen LogP contribution in [0.2, 0.25) is 0 Å². The second kappa shape index (κ2) is 4.69. The van der Waals surface area contributed by atoms with Gasteiger partial charge >= 0.3 is 5.97 Å². The van der Waals surface area contributed by atoms with E-state index in [2.05, 4.69) is 14.9 Å². The minimum atomic E-state index is -0.770. The van der Waals surface area contributed by atoms with Crippen LogP contribution in [0, 0.1) is 13.8 Å². The molecule has 0 aliphatic heterocycles. The molecule has 1 saturated carbocycles. The average molecular weight is 235 g/mol. The van der Waals surface area contributed by atoms with E-state index < -0.39 is 5.97 Å². The molecular formula is C12H17N3O2. The number of aliphatic carboxylic acids is 1. The van der Waals surface area contributed by atoms with Crippen molar-refractivity contribution >= 4 is 11.8 Å². The molecule has 0 spiro atoms. The number of anilines is 1. The molecule has 0 radical (unpaired) electrons. The van der Waals surface area contributed by atoms with Crippen molar-refractivity contribution in [1.82, 2.24) is 9.97 Å². The van der Waals surface area contributed by atoms with E-state index >= 15 is 0 Å². The van der Waals surface area contributed by atoms with Crippen molar-refractivity contribution in [1.29, 1.82) is 0 Å². The van der Waals surface area contributed by atoms with Crippen LogP contribution in [0.25, 0.3) is 0 Å². The van der Waals surface area contributed by atoms with Gasteiger partial charge in [0.05, 0.1) is 17.8 Å². The second-order valence-corrected chi connectivity index (χ2v) is 4.49. The number of hydrogen-bond acceptors (Lipinski definition) is 4. The third kappa shape index (κ3) is 2.93. The standard InChI is InChI=1S/C12H17N3O2/c1-8-7-13-9(2)12(14-8)15(10-3-4-10)6-5-11(16)17/h7,10H,3-6H2,1-2H3,(H,16,17). The molecule has 1 fully saturated rings. The van der Waals surface area contributed by atoms with Gasteiger partial charge in [-0.2, -0.15) is 0 Å². The fraction of sp³-hybridized carbons (Fsp3) is 0.583. The zero-order chi connectivity index (χ0) is 12.4. The van der Waals surface area contributed by atoms with E-state index in [0.717, 1.165) is 30.0 Å². The number of carbonyl (C=O) groups is 1. The van der Waals surface area contributed by atoms with Crippen LogP contribution in [0.4, 0.5) is 5.82 Å². The number of aryl methyl sites for hydroxylation is 2. The van der Waals surface area contributed by atoms with Crippen molar-refractivity contribution in [3.8, 4) is 0 Å². The molecule has 0 saturated heterocycles. The molecule has 0 unspecified atom stereocenters. The van der Waals surface area contributed by atoms with Crippen LogP contribution in [0.5, 0.6) is 0 Å². The summed E-state index contributed by atoms with van der Waals surface area (Å²) >= 11 is 0. The molecule has 0 amide bonds. The SMILES string of the molecule is Cc1cnc(C)c(N(CCC(=O)O)C2CC2)n1. The van der Waals surface area contributed by atoms with Crippen LogP contribution in [0.15, 0.2) is 6.20 Å². The Morgan fingerprint density at radius 3 is 2.82 bits per heavy atom. The number of hydrogen-bond donors (Lipinski definition) is 1. The summed E-state index contributed by atoms with van der Waals surface area (Å²) in [5.41, 5.74) is 1.74. The zero-order valence-electron chi connectivity index (χ0n) is 10.2. The van der Waals surface area contributed by atoms with Gasteiger partial charge in [0.25, 0.3) is 0 Å². The number of carboxylic acid groups (broad SMARTS) is 1. The molecule has 17 heavy (non-hydrogen) atoms. The van der Waals surface area contributed by atoms with Gasteiger partial charge in [-0.1, -0.05) is 0 Å². The second-order valence-electron chi connectivity index (χ2n) is 4.49. The number of nitrogens with zero attached hydrogens (tertiary/aromatic N) is 3.